The van der Waals surface area contributed by atoms with Crippen molar-refractivity contribution >= 4 is 23.2 Å². The molecule has 0 aromatic heterocycles. The SMILES string of the molecule is CC(N)c1ccc(NC(=O)c2cc(O)ccc2Cl)cc1. The fraction of sp³-hybridized carbons (Fsp3) is 0.133. The van der Waals surface area contributed by atoms with E-state index in [1.54, 1.807) is 12.1 Å². The molecule has 0 saturated carbocycles. The van der Waals surface area contributed by atoms with Gasteiger partial charge in [-0.3, -0.25) is 4.79 Å². The number of nitrogens with two attached hydrogens (primary N) is 1. The summed E-state index contributed by atoms with van der Waals surface area (Å²) in [7, 11) is 0. The predicted molar refractivity (Wildman–Crippen MR) is 80.1 cm³/mol. The number of phenolic OH excluding ortho intramolecular Hbond substituents is 1. The normalized spacial score (nSPS) is 11.9. The van der Waals surface area contributed by atoms with Crippen LogP contribution in [0.4, 0.5) is 5.69 Å². The van der Waals surface area contributed by atoms with Crippen LogP contribution in [0.1, 0.15) is 28.9 Å². The Morgan fingerprint density at radius 1 is 1.25 bits per heavy atom. The number of nitrogens with one attached hydrogen (secondary N) is 1. The molecular weight excluding hydrogens is 276 g/mol. The van der Waals surface area contributed by atoms with Gasteiger partial charge in [0.1, 0.15) is 5.75 Å². The first-order valence-corrected chi connectivity index (χ1v) is 6.50. The van der Waals surface area contributed by atoms with Gasteiger partial charge in [-0.1, -0.05) is 23.7 Å². The summed E-state index contributed by atoms with van der Waals surface area (Å²) in [5.41, 5.74) is 7.61. The summed E-state index contributed by atoms with van der Waals surface area (Å²) in [6, 6.07) is 11.4. The predicted octanol–water partition coefficient (Wildman–Crippen LogP) is 3.32. The molecule has 0 spiro atoms. The molecule has 0 fully saturated rings. The van der Waals surface area contributed by atoms with E-state index in [-0.39, 0.29) is 28.3 Å². The second-order valence-electron chi connectivity index (χ2n) is 4.53. The van der Waals surface area contributed by atoms with Crippen LogP contribution in [0.15, 0.2) is 42.5 Å². The smallest absolute Gasteiger partial charge is 0.257 e. The highest BCUT2D eigenvalue weighted by molar-refractivity contribution is 6.34. The highest BCUT2D eigenvalue weighted by Gasteiger charge is 2.11. The molecular formula is C15H15ClN2O2. The average Bonchev–Trinajstić information content (AvgIpc) is 2.42. The van der Waals surface area contributed by atoms with Gasteiger partial charge in [0.15, 0.2) is 0 Å². The van der Waals surface area contributed by atoms with E-state index in [9.17, 15) is 9.90 Å². The van der Waals surface area contributed by atoms with Crippen LogP contribution in [0, 0.1) is 0 Å². The molecule has 0 aliphatic heterocycles. The summed E-state index contributed by atoms with van der Waals surface area (Å²) in [6.07, 6.45) is 0. The molecule has 2 aromatic carbocycles. The lowest BCUT2D eigenvalue weighted by molar-refractivity contribution is 0.102. The standard InChI is InChI=1S/C15H15ClN2O2/c1-9(17)10-2-4-11(5-3-10)18-15(20)13-8-12(19)6-7-14(13)16/h2-9,19H,17H2,1H3,(H,18,20). The summed E-state index contributed by atoms with van der Waals surface area (Å²) in [6.45, 7) is 1.89. The Labute approximate surface area is 122 Å². The highest BCUT2D eigenvalue weighted by atomic mass is 35.5. The van der Waals surface area contributed by atoms with Crippen molar-refractivity contribution in [2.45, 2.75) is 13.0 Å². The molecule has 2 rings (SSSR count). The van der Waals surface area contributed by atoms with E-state index in [4.69, 9.17) is 17.3 Å². The number of phenols is 1. The summed E-state index contributed by atoms with van der Waals surface area (Å²) >= 11 is 5.94. The Balaban J connectivity index is 2.17. The summed E-state index contributed by atoms with van der Waals surface area (Å²) in [5, 5.41) is 12.4. The van der Waals surface area contributed by atoms with E-state index < -0.39 is 0 Å². The molecule has 0 heterocycles. The van der Waals surface area contributed by atoms with Crippen molar-refractivity contribution in [1.29, 1.82) is 0 Å². The molecule has 104 valence electrons. The van der Waals surface area contributed by atoms with E-state index in [2.05, 4.69) is 5.32 Å². The molecule has 1 atom stereocenters. The Morgan fingerprint density at radius 2 is 1.90 bits per heavy atom. The molecule has 1 unspecified atom stereocenters. The lowest BCUT2D eigenvalue weighted by atomic mass is 10.1. The number of anilines is 1. The van der Waals surface area contributed by atoms with Crippen molar-refractivity contribution in [3.63, 3.8) is 0 Å². The lowest BCUT2D eigenvalue weighted by Crippen LogP contribution is -2.12. The van der Waals surface area contributed by atoms with E-state index in [1.165, 1.54) is 18.2 Å². The van der Waals surface area contributed by atoms with Gasteiger partial charge in [-0.15, -0.1) is 0 Å². The maximum Gasteiger partial charge on any atom is 0.257 e. The largest absolute Gasteiger partial charge is 0.508 e. The molecule has 4 nitrogen and oxygen atoms in total. The van der Waals surface area contributed by atoms with Gasteiger partial charge in [0.2, 0.25) is 0 Å². The zero-order valence-electron chi connectivity index (χ0n) is 10.9. The van der Waals surface area contributed by atoms with Crippen LogP contribution < -0.4 is 11.1 Å². The molecule has 0 radical (unpaired) electrons. The van der Waals surface area contributed by atoms with Gasteiger partial charge in [0.05, 0.1) is 10.6 Å². The molecule has 0 aliphatic rings. The van der Waals surface area contributed by atoms with Crippen LogP contribution in [0.2, 0.25) is 5.02 Å². The molecule has 0 saturated heterocycles. The third kappa shape index (κ3) is 3.29. The van der Waals surface area contributed by atoms with Crippen molar-refractivity contribution in [1.82, 2.24) is 0 Å². The van der Waals surface area contributed by atoms with Gasteiger partial charge in [0, 0.05) is 11.7 Å². The molecule has 2 aromatic rings. The second-order valence-corrected chi connectivity index (χ2v) is 4.94. The van der Waals surface area contributed by atoms with Gasteiger partial charge in [-0.25, -0.2) is 0 Å². The number of carbonyl (C=O) groups excluding carboxylic acids is 1. The Bertz CT molecular complexity index is 624. The summed E-state index contributed by atoms with van der Waals surface area (Å²) < 4.78 is 0. The van der Waals surface area contributed by atoms with Crippen LogP contribution in [0.5, 0.6) is 5.75 Å². The third-order valence-corrected chi connectivity index (χ3v) is 3.22. The van der Waals surface area contributed by atoms with E-state index in [0.717, 1.165) is 5.56 Å². The van der Waals surface area contributed by atoms with Crippen LogP contribution in [0.25, 0.3) is 0 Å². The molecule has 5 heteroatoms. The van der Waals surface area contributed by atoms with Crippen molar-refractivity contribution in [3.05, 3.63) is 58.6 Å². The van der Waals surface area contributed by atoms with E-state index >= 15 is 0 Å². The Kier molecular flexibility index (Phi) is 4.27. The second kappa shape index (κ2) is 5.94. The van der Waals surface area contributed by atoms with Crippen molar-refractivity contribution < 1.29 is 9.90 Å². The minimum atomic E-state index is -0.376. The zero-order valence-corrected chi connectivity index (χ0v) is 11.7. The van der Waals surface area contributed by atoms with Gasteiger partial charge < -0.3 is 16.2 Å². The number of benzene rings is 2. The average molecular weight is 291 g/mol. The Morgan fingerprint density at radius 3 is 2.50 bits per heavy atom. The zero-order chi connectivity index (χ0) is 14.7. The molecule has 0 aliphatic carbocycles. The van der Waals surface area contributed by atoms with E-state index in [1.807, 2.05) is 19.1 Å². The highest BCUT2D eigenvalue weighted by Crippen LogP contribution is 2.22. The number of rotatable bonds is 3. The van der Waals surface area contributed by atoms with Crippen molar-refractivity contribution in [3.8, 4) is 5.75 Å². The third-order valence-electron chi connectivity index (χ3n) is 2.89. The maximum absolute atomic E-state index is 12.1. The minimum absolute atomic E-state index is 0.00754. The summed E-state index contributed by atoms with van der Waals surface area (Å²) in [5.74, 6) is -0.383. The number of carbonyl (C=O) groups is 1. The van der Waals surface area contributed by atoms with Crippen LogP contribution in [-0.2, 0) is 0 Å². The minimum Gasteiger partial charge on any atom is -0.508 e. The maximum atomic E-state index is 12.1. The van der Waals surface area contributed by atoms with Crippen LogP contribution >= 0.6 is 11.6 Å². The quantitative estimate of drug-likeness (QED) is 0.812. The Hall–Kier alpha value is -2.04. The van der Waals surface area contributed by atoms with Gasteiger partial charge in [-0.05, 0) is 42.8 Å². The number of aromatic hydroxyl groups is 1. The van der Waals surface area contributed by atoms with Crippen molar-refractivity contribution in [2.75, 3.05) is 5.32 Å². The topological polar surface area (TPSA) is 75.3 Å². The molecule has 4 N–H and O–H groups in total. The van der Waals surface area contributed by atoms with Crippen LogP contribution in [0.3, 0.4) is 0 Å². The first-order chi connectivity index (χ1) is 9.47. The van der Waals surface area contributed by atoms with Gasteiger partial charge in [0.25, 0.3) is 5.91 Å². The number of amides is 1. The molecule has 0 bridgehead atoms. The first kappa shape index (κ1) is 14.4. The fourth-order valence-electron chi connectivity index (χ4n) is 1.76. The monoisotopic (exact) mass is 290 g/mol. The van der Waals surface area contributed by atoms with E-state index in [0.29, 0.717) is 5.69 Å². The molecule has 1 amide bonds. The number of hydrogen-bond acceptors (Lipinski definition) is 3. The molecule has 20 heavy (non-hydrogen) atoms. The lowest BCUT2D eigenvalue weighted by Gasteiger charge is -2.09. The fourth-order valence-corrected chi connectivity index (χ4v) is 1.96. The van der Waals surface area contributed by atoms with Crippen LogP contribution in [-0.4, -0.2) is 11.0 Å². The number of halogens is 1. The number of hydrogen-bond donors (Lipinski definition) is 3. The first-order valence-electron chi connectivity index (χ1n) is 6.13. The van der Waals surface area contributed by atoms with Gasteiger partial charge >= 0.3 is 0 Å². The van der Waals surface area contributed by atoms with Gasteiger partial charge in [-0.2, -0.15) is 0 Å². The summed E-state index contributed by atoms with van der Waals surface area (Å²) in [4.78, 5) is 12.1. The van der Waals surface area contributed by atoms with Crippen molar-refractivity contribution in [2.24, 2.45) is 5.73 Å².